The van der Waals surface area contributed by atoms with Gasteiger partial charge in [0.25, 0.3) is 0 Å². The number of nitrogens with one attached hydrogen (secondary N) is 1. The smallest absolute Gasteiger partial charge is 0.242 e. The Morgan fingerprint density at radius 2 is 1.84 bits per heavy atom. The van der Waals surface area contributed by atoms with Crippen LogP contribution in [0, 0.1) is 5.82 Å². The van der Waals surface area contributed by atoms with E-state index in [1.807, 2.05) is 0 Å². The van der Waals surface area contributed by atoms with E-state index >= 15 is 0 Å². The molecule has 5 nitrogen and oxygen atoms in total. The van der Waals surface area contributed by atoms with Crippen molar-refractivity contribution in [1.29, 1.82) is 0 Å². The molecule has 2 rings (SSSR count). The van der Waals surface area contributed by atoms with Crippen LogP contribution in [-0.2, 0) is 14.8 Å². The van der Waals surface area contributed by atoms with Crippen molar-refractivity contribution >= 4 is 45.0 Å². The molecule has 1 N–H and O–H groups in total. The Balaban J connectivity index is 1.95. The minimum absolute atomic E-state index is 0.00287. The molecule has 1 amide bonds. The van der Waals surface area contributed by atoms with Crippen LogP contribution in [0.5, 0.6) is 0 Å². The lowest BCUT2D eigenvalue weighted by molar-refractivity contribution is -0.113. The number of halogens is 2. The largest absolute Gasteiger partial charge is 0.325 e. The first-order chi connectivity index (χ1) is 11.7. The molecule has 25 heavy (non-hydrogen) atoms. The number of carbonyl (C=O) groups excluding carboxylic acids is 1. The molecule has 0 bridgehead atoms. The van der Waals surface area contributed by atoms with Crippen LogP contribution in [0.25, 0.3) is 0 Å². The van der Waals surface area contributed by atoms with Crippen LogP contribution in [0.4, 0.5) is 10.1 Å². The molecule has 134 valence electrons. The molecule has 0 aliphatic carbocycles. The number of benzene rings is 2. The Morgan fingerprint density at radius 3 is 2.40 bits per heavy atom. The van der Waals surface area contributed by atoms with Crippen molar-refractivity contribution in [3.8, 4) is 0 Å². The average Bonchev–Trinajstić information content (AvgIpc) is 2.56. The van der Waals surface area contributed by atoms with E-state index in [-0.39, 0.29) is 21.6 Å². The van der Waals surface area contributed by atoms with Gasteiger partial charge in [0.15, 0.2) is 0 Å². The van der Waals surface area contributed by atoms with E-state index in [0.29, 0.717) is 10.6 Å². The Kier molecular flexibility index (Phi) is 6.45. The molecule has 9 heteroatoms. The van der Waals surface area contributed by atoms with E-state index in [9.17, 15) is 17.6 Å². The fourth-order valence-electron chi connectivity index (χ4n) is 1.83. The first-order valence-corrected chi connectivity index (χ1v) is 9.91. The predicted octanol–water partition coefficient (Wildman–Crippen LogP) is 3.46. The minimum atomic E-state index is -3.50. The zero-order valence-electron chi connectivity index (χ0n) is 13.5. The number of amides is 1. The fraction of sp³-hybridized carbons (Fsp3) is 0.188. The molecule has 0 spiro atoms. The van der Waals surface area contributed by atoms with E-state index in [2.05, 4.69) is 5.32 Å². The molecular formula is C16H16ClFN2O3S2. The van der Waals surface area contributed by atoms with Crippen molar-refractivity contribution in [2.75, 3.05) is 25.2 Å². The first-order valence-electron chi connectivity index (χ1n) is 7.10. The van der Waals surface area contributed by atoms with E-state index < -0.39 is 15.8 Å². The molecule has 0 atom stereocenters. The SMILES string of the molecule is CN(C)S(=O)(=O)c1ccc(NC(=O)CSc2ccc(F)c(Cl)c2)cc1. The first kappa shape index (κ1) is 19.7. The van der Waals surface area contributed by atoms with Crippen molar-refractivity contribution in [2.24, 2.45) is 0 Å². The number of sulfonamides is 1. The number of carbonyl (C=O) groups is 1. The summed E-state index contributed by atoms with van der Waals surface area (Å²) in [6.07, 6.45) is 0. The number of thioether (sulfide) groups is 1. The van der Waals surface area contributed by atoms with Crippen LogP contribution < -0.4 is 5.32 Å². The zero-order chi connectivity index (χ0) is 18.6. The van der Waals surface area contributed by atoms with E-state index in [0.717, 1.165) is 4.31 Å². The quantitative estimate of drug-likeness (QED) is 0.751. The second kappa shape index (κ2) is 8.18. The maximum absolute atomic E-state index is 13.1. The van der Waals surface area contributed by atoms with E-state index in [1.165, 1.54) is 62.3 Å². The van der Waals surface area contributed by atoms with Gasteiger partial charge < -0.3 is 5.32 Å². The van der Waals surface area contributed by atoms with Gasteiger partial charge in [-0.2, -0.15) is 0 Å². The van der Waals surface area contributed by atoms with Gasteiger partial charge >= 0.3 is 0 Å². The van der Waals surface area contributed by atoms with Gasteiger partial charge in [-0.3, -0.25) is 4.79 Å². The van der Waals surface area contributed by atoms with Crippen LogP contribution in [0.15, 0.2) is 52.3 Å². The van der Waals surface area contributed by atoms with Gasteiger partial charge in [0.05, 0.1) is 15.7 Å². The van der Waals surface area contributed by atoms with Gasteiger partial charge in [-0.05, 0) is 42.5 Å². The van der Waals surface area contributed by atoms with Gasteiger partial charge in [-0.15, -0.1) is 11.8 Å². The molecule has 2 aromatic rings. The normalized spacial score (nSPS) is 11.6. The number of rotatable bonds is 6. The van der Waals surface area contributed by atoms with Crippen molar-refractivity contribution in [1.82, 2.24) is 4.31 Å². The van der Waals surface area contributed by atoms with Crippen LogP contribution in [0.1, 0.15) is 0 Å². The summed E-state index contributed by atoms with van der Waals surface area (Å²) < 4.78 is 38.1. The van der Waals surface area contributed by atoms with Gasteiger partial charge in [0, 0.05) is 24.7 Å². The van der Waals surface area contributed by atoms with Crippen LogP contribution >= 0.6 is 23.4 Å². The monoisotopic (exact) mass is 402 g/mol. The average molecular weight is 403 g/mol. The lowest BCUT2D eigenvalue weighted by Gasteiger charge is -2.12. The van der Waals surface area contributed by atoms with Crippen molar-refractivity contribution < 1.29 is 17.6 Å². The second-order valence-electron chi connectivity index (χ2n) is 5.22. The Bertz CT molecular complexity index is 871. The highest BCUT2D eigenvalue weighted by atomic mass is 35.5. The molecule has 0 saturated heterocycles. The molecule has 0 aromatic heterocycles. The Morgan fingerprint density at radius 1 is 1.20 bits per heavy atom. The molecule has 0 radical (unpaired) electrons. The summed E-state index contributed by atoms with van der Waals surface area (Å²) in [5.41, 5.74) is 0.487. The highest BCUT2D eigenvalue weighted by molar-refractivity contribution is 8.00. The summed E-state index contributed by atoms with van der Waals surface area (Å²) in [7, 11) is -0.606. The second-order valence-corrected chi connectivity index (χ2v) is 8.83. The summed E-state index contributed by atoms with van der Waals surface area (Å²) in [4.78, 5) is 12.8. The standard InChI is InChI=1S/C16H16ClFN2O3S2/c1-20(2)25(22,23)13-6-3-11(4-7-13)19-16(21)10-24-12-5-8-15(18)14(17)9-12/h3-9H,10H2,1-2H3,(H,19,21). The molecule has 0 aliphatic rings. The molecule has 0 heterocycles. The maximum Gasteiger partial charge on any atom is 0.242 e. The highest BCUT2D eigenvalue weighted by Crippen LogP contribution is 2.24. The lowest BCUT2D eigenvalue weighted by Crippen LogP contribution is -2.22. The summed E-state index contributed by atoms with van der Waals surface area (Å²) in [6, 6.07) is 10.1. The summed E-state index contributed by atoms with van der Waals surface area (Å²) in [5, 5.41) is 2.67. The van der Waals surface area contributed by atoms with Gasteiger partial charge in [-0.25, -0.2) is 17.1 Å². The van der Waals surface area contributed by atoms with E-state index in [1.54, 1.807) is 6.07 Å². The molecule has 0 saturated carbocycles. The van der Waals surface area contributed by atoms with Gasteiger partial charge in [-0.1, -0.05) is 11.6 Å². The molecule has 0 fully saturated rings. The summed E-state index contributed by atoms with van der Waals surface area (Å²) in [5.74, 6) is -0.670. The molecule has 0 unspecified atom stereocenters. The number of nitrogens with zero attached hydrogens (tertiary/aromatic N) is 1. The van der Waals surface area contributed by atoms with E-state index in [4.69, 9.17) is 11.6 Å². The lowest BCUT2D eigenvalue weighted by atomic mass is 10.3. The van der Waals surface area contributed by atoms with Crippen LogP contribution in [0.2, 0.25) is 5.02 Å². The molecule has 0 aliphatic heterocycles. The van der Waals surface area contributed by atoms with Crippen molar-refractivity contribution in [3.63, 3.8) is 0 Å². The number of hydrogen-bond donors (Lipinski definition) is 1. The highest BCUT2D eigenvalue weighted by Gasteiger charge is 2.16. The predicted molar refractivity (Wildman–Crippen MR) is 98.1 cm³/mol. The third-order valence-electron chi connectivity index (χ3n) is 3.18. The zero-order valence-corrected chi connectivity index (χ0v) is 15.9. The number of hydrogen-bond acceptors (Lipinski definition) is 4. The molecule has 2 aromatic carbocycles. The summed E-state index contributed by atoms with van der Waals surface area (Å²) >= 11 is 6.91. The van der Waals surface area contributed by atoms with Crippen molar-refractivity contribution in [3.05, 3.63) is 53.3 Å². The number of anilines is 1. The topological polar surface area (TPSA) is 66.5 Å². The summed E-state index contributed by atoms with van der Waals surface area (Å²) in [6.45, 7) is 0. The van der Waals surface area contributed by atoms with Crippen LogP contribution in [-0.4, -0.2) is 38.5 Å². The fourth-order valence-corrected chi connectivity index (χ4v) is 3.72. The molecular weight excluding hydrogens is 387 g/mol. The van der Waals surface area contributed by atoms with Gasteiger partial charge in [0.2, 0.25) is 15.9 Å². The minimum Gasteiger partial charge on any atom is -0.325 e. The van der Waals surface area contributed by atoms with Crippen LogP contribution in [0.3, 0.4) is 0 Å². The Labute approximate surface area is 155 Å². The Hall–Kier alpha value is -1.61. The third-order valence-corrected chi connectivity index (χ3v) is 6.29. The maximum atomic E-state index is 13.1. The van der Waals surface area contributed by atoms with Gasteiger partial charge in [0.1, 0.15) is 5.82 Å². The third kappa shape index (κ3) is 5.18. The van der Waals surface area contributed by atoms with Crippen molar-refractivity contribution in [2.45, 2.75) is 9.79 Å².